The van der Waals surface area contributed by atoms with E-state index in [1.54, 1.807) is 4.90 Å². The maximum Gasteiger partial charge on any atom is 0.223 e. The maximum atomic E-state index is 13.8. The van der Waals surface area contributed by atoms with E-state index in [1.165, 1.54) is 12.1 Å². The van der Waals surface area contributed by atoms with Crippen molar-refractivity contribution in [1.29, 1.82) is 0 Å². The van der Waals surface area contributed by atoms with Crippen LogP contribution < -0.4 is 5.32 Å². The number of rotatable bonds is 2. The molecule has 2 saturated heterocycles. The van der Waals surface area contributed by atoms with Crippen LogP contribution in [-0.2, 0) is 11.3 Å². The molecule has 2 fully saturated rings. The standard InChI is InChI=1S/C15H18F2N2O/c16-12-3-1-11(13(17)7-12)9-19-14-5-6-18-8-10(14)2-4-15(19)20/h1,3,7,10,14,18H,2,4-6,8-9H2. The number of likely N-dealkylation sites (tertiary alicyclic amines) is 1. The number of amides is 1. The molecule has 3 nitrogen and oxygen atoms in total. The van der Waals surface area contributed by atoms with E-state index in [0.29, 0.717) is 17.9 Å². The average molecular weight is 280 g/mol. The predicted octanol–water partition coefficient (Wildman–Crippen LogP) is 2.07. The van der Waals surface area contributed by atoms with Crippen LogP contribution >= 0.6 is 0 Å². The van der Waals surface area contributed by atoms with Crippen LogP contribution in [-0.4, -0.2) is 29.9 Å². The van der Waals surface area contributed by atoms with E-state index < -0.39 is 11.6 Å². The van der Waals surface area contributed by atoms with Crippen LogP contribution in [0.3, 0.4) is 0 Å². The number of fused-ring (bicyclic) bond motifs is 1. The molecule has 2 aliphatic rings. The number of hydrogen-bond acceptors (Lipinski definition) is 2. The van der Waals surface area contributed by atoms with Gasteiger partial charge < -0.3 is 10.2 Å². The first kappa shape index (κ1) is 13.5. The van der Waals surface area contributed by atoms with E-state index in [2.05, 4.69) is 5.32 Å². The van der Waals surface area contributed by atoms with E-state index >= 15 is 0 Å². The Morgan fingerprint density at radius 1 is 1.30 bits per heavy atom. The SMILES string of the molecule is O=C1CCC2CNCCC2N1Cc1ccc(F)cc1F. The largest absolute Gasteiger partial charge is 0.335 e. The molecular weight excluding hydrogens is 262 g/mol. The lowest BCUT2D eigenvalue weighted by molar-refractivity contribution is -0.140. The molecule has 0 radical (unpaired) electrons. The third-order valence-corrected chi connectivity index (χ3v) is 4.37. The fourth-order valence-electron chi connectivity index (χ4n) is 3.29. The Morgan fingerprint density at radius 2 is 2.15 bits per heavy atom. The third-order valence-electron chi connectivity index (χ3n) is 4.37. The van der Waals surface area contributed by atoms with Crippen LogP contribution in [0.2, 0.25) is 0 Å². The van der Waals surface area contributed by atoms with E-state index in [-0.39, 0.29) is 18.5 Å². The van der Waals surface area contributed by atoms with Gasteiger partial charge in [-0.05, 0) is 37.9 Å². The molecule has 108 valence electrons. The lowest BCUT2D eigenvalue weighted by Gasteiger charge is -2.44. The maximum absolute atomic E-state index is 13.8. The molecule has 20 heavy (non-hydrogen) atoms. The van der Waals surface area contributed by atoms with Crippen LogP contribution in [0.5, 0.6) is 0 Å². The van der Waals surface area contributed by atoms with Crippen LogP contribution in [0.4, 0.5) is 8.78 Å². The van der Waals surface area contributed by atoms with E-state index in [9.17, 15) is 13.6 Å². The molecular formula is C15H18F2N2O. The number of piperidine rings is 2. The van der Waals surface area contributed by atoms with Crippen molar-refractivity contribution in [2.45, 2.75) is 31.8 Å². The molecule has 3 rings (SSSR count). The summed E-state index contributed by atoms with van der Waals surface area (Å²) in [6.45, 7) is 2.04. The monoisotopic (exact) mass is 280 g/mol. The minimum Gasteiger partial charge on any atom is -0.335 e. The van der Waals surface area contributed by atoms with Gasteiger partial charge in [0.1, 0.15) is 11.6 Å². The number of carbonyl (C=O) groups excluding carboxylic acids is 1. The van der Waals surface area contributed by atoms with Crippen LogP contribution in [0, 0.1) is 17.6 Å². The summed E-state index contributed by atoms with van der Waals surface area (Å²) in [7, 11) is 0. The number of benzene rings is 1. The summed E-state index contributed by atoms with van der Waals surface area (Å²) in [5.41, 5.74) is 0.388. The Hall–Kier alpha value is -1.49. The van der Waals surface area contributed by atoms with Gasteiger partial charge in [0.2, 0.25) is 5.91 Å². The Balaban J connectivity index is 1.81. The molecule has 2 aliphatic heterocycles. The molecule has 1 N–H and O–H groups in total. The molecule has 2 heterocycles. The average Bonchev–Trinajstić information content (AvgIpc) is 2.44. The zero-order valence-corrected chi connectivity index (χ0v) is 11.2. The lowest BCUT2D eigenvalue weighted by atomic mass is 9.84. The van der Waals surface area contributed by atoms with Crippen molar-refractivity contribution >= 4 is 5.91 Å². The van der Waals surface area contributed by atoms with Crippen LogP contribution in [0.25, 0.3) is 0 Å². The Morgan fingerprint density at radius 3 is 2.95 bits per heavy atom. The second-order valence-corrected chi connectivity index (χ2v) is 5.62. The van der Waals surface area contributed by atoms with Gasteiger partial charge in [0.15, 0.2) is 0 Å². The Kier molecular flexibility index (Phi) is 3.70. The highest BCUT2D eigenvalue weighted by atomic mass is 19.1. The highest BCUT2D eigenvalue weighted by molar-refractivity contribution is 5.77. The molecule has 2 unspecified atom stereocenters. The van der Waals surface area contributed by atoms with Gasteiger partial charge in [-0.3, -0.25) is 4.79 Å². The summed E-state index contributed by atoms with van der Waals surface area (Å²) in [6.07, 6.45) is 2.32. The number of nitrogens with zero attached hydrogens (tertiary/aromatic N) is 1. The summed E-state index contributed by atoms with van der Waals surface area (Å²) < 4.78 is 26.7. The predicted molar refractivity (Wildman–Crippen MR) is 70.9 cm³/mol. The van der Waals surface area contributed by atoms with Crippen LogP contribution in [0.15, 0.2) is 18.2 Å². The smallest absolute Gasteiger partial charge is 0.223 e. The summed E-state index contributed by atoms with van der Waals surface area (Å²) in [4.78, 5) is 13.9. The van der Waals surface area contributed by atoms with Crippen molar-refractivity contribution in [2.75, 3.05) is 13.1 Å². The number of nitrogens with one attached hydrogen (secondary N) is 1. The molecule has 2 atom stereocenters. The van der Waals surface area contributed by atoms with Gasteiger partial charge in [0.05, 0.1) is 0 Å². The van der Waals surface area contributed by atoms with Gasteiger partial charge in [-0.25, -0.2) is 8.78 Å². The summed E-state index contributed by atoms with van der Waals surface area (Å²) in [6, 6.07) is 3.74. The van der Waals surface area contributed by atoms with Crippen LogP contribution in [0.1, 0.15) is 24.8 Å². The van der Waals surface area contributed by atoms with Crippen molar-refractivity contribution in [1.82, 2.24) is 10.2 Å². The first-order chi connectivity index (χ1) is 9.65. The first-order valence-electron chi connectivity index (χ1n) is 7.09. The van der Waals surface area contributed by atoms with E-state index in [1.807, 2.05) is 0 Å². The molecule has 0 saturated carbocycles. The normalized spacial score (nSPS) is 26.5. The van der Waals surface area contributed by atoms with Crippen molar-refractivity contribution < 1.29 is 13.6 Å². The van der Waals surface area contributed by atoms with Gasteiger partial charge in [-0.2, -0.15) is 0 Å². The molecule has 1 amide bonds. The minimum atomic E-state index is -0.587. The van der Waals surface area contributed by atoms with E-state index in [0.717, 1.165) is 32.0 Å². The molecule has 0 aliphatic carbocycles. The number of hydrogen-bond donors (Lipinski definition) is 1. The quantitative estimate of drug-likeness (QED) is 0.899. The zero-order chi connectivity index (χ0) is 14.1. The number of halogens is 2. The van der Waals surface area contributed by atoms with Crippen molar-refractivity contribution in [3.8, 4) is 0 Å². The zero-order valence-electron chi connectivity index (χ0n) is 11.2. The highest BCUT2D eigenvalue weighted by Crippen LogP contribution is 2.30. The fourth-order valence-corrected chi connectivity index (χ4v) is 3.29. The molecule has 0 aromatic heterocycles. The van der Waals surface area contributed by atoms with Gasteiger partial charge in [0, 0.05) is 30.6 Å². The molecule has 1 aromatic rings. The molecule has 5 heteroatoms. The molecule has 0 bridgehead atoms. The van der Waals surface area contributed by atoms with Gasteiger partial charge in [0.25, 0.3) is 0 Å². The molecule has 1 aromatic carbocycles. The van der Waals surface area contributed by atoms with Gasteiger partial charge in [-0.15, -0.1) is 0 Å². The second kappa shape index (κ2) is 5.48. The summed E-state index contributed by atoms with van der Waals surface area (Å²) in [5, 5.41) is 3.34. The Bertz CT molecular complexity index is 521. The Labute approximate surface area is 117 Å². The van der Waals surface area contributed by atoms with Crippen molar-refractivity contribution in [3.05, 3.63) is 35.4 Å². The summed E-state index contributed by atoms with van der Waals surface area (Å²) >= 11 is 0. The fraction of sp³-hybridized carbons (Fsp3) is 0.533. The first-order valence-corrected chi connectivity index (χ1v) is 7.09. The van der Waals surface area contributed by atoms with Crippen molar-refractivity contribution in [2.24, 2.45) is 5.92 Å². The third kappa shape index (κ3) is 2.54. The minimum absolute atomic E-state index is 0.0804. The van der Waals surface area contributed by atoms with Gasteiger partial charge in [-0.1, -0.05) is 6.07 Å². The van der Waals surface area contributed by atoms with Crippen molar-refractivity contribution in [3.63, 3.8) is 0 Å². The highest BCUT2D eigenvalue weighted by Gasteiger charge is 2.37. The topological polar surface area (TPSA) is 32.3 Å². The van der Waals surface area contributed by atoms with Gasteiger partial charge >= 0.3 is 0 Å². The number of carbonyl (C=O) groups is 1. The molecule has 0 spiro atoms. The lowest BCUT2D eigenvalue weighted by Crippen LogP contribution is -2.54. The van der Waals surface area contributed by atoms with E-state index in [4.69, 9.17) is 0 Å². The second-order valence-electron chi connectivity index (χ2n) is 5.62. The summed E-state index contributed by atoms with van der Waals surface area (Å²) in [5.74, 6) is -0.633.